The summed E-state index contributed by atoms with van der Waals surface area (Å²) >= 11 is 0. The zero-order chi connectivity index (χ0) is 19.6. The molecule has 0 saturated carbocycles. The van der Waals surface area contributed by atoms with Crippen molar-refractivity contribution in [2.45, 2.75) is 59.5 Å². The number of aliphatic carboxylic acids is 1. The Morgan fingerprint density at radius 1 is 1.23 bits per heavy atom. The summed E-state index contributed by atoms with van der Waals surface area (Å²) < 4.78 is 0. The predicted molar refractivity (Wildman–Crippen MR) is 98.7 cm³/mol. The first-order valence-corrected chi connectivity index (χ1v) is 8.92. The van der Waals surface area contributed by atoms with Crippen molar-refractivity contribution < 1.29 is 19.5 Å². The fourth-order valence-corrected chi connectivity index (χ4v) is 4.05. The molecule has 1 fully saturated rings. The van der Waals surface area contributed by atoms with Gasteiger partial charge in [0.25, 0.3) is 0 Å². The van der Waals surface area contributed by atoms with Crippen molar-refractivity contribution in [2.24, 2.45) is 5.92 Å². The van der Waals surface area contributed by atoms with Crippen LogP contribution < -0.4 is 5.32 Å². The number of benzene rings is 1. The molecule has 6 heteroatoms. The molecule has 0 bridgehead atoms. The quantitative estimate of drug-likeness (QED) is 0.863. The molecule has 1 heterocycles. The van der Waals surface area contributed by atoms with E-state index >= 15 is 0 Å². The lowest BCUT2D eigenvalue weighted by atomic mass is 9.86. The van der Waals surface area contributed by atoms with E-state index < -0.39 is 17.6 Å². The lowest BCUT2D eigenvalue weighted by Crippen LogP contribution is -2.64. The van der Waals surface area contributed by atoms with Crippen molar-refractivity contribution in [2.75, 3.05) is 6.54 Å². The predicted octanol–water partition coefficient (Wildman–Crippen LogP) is 2.33. The van der Waals surface area contributed by atoms with E-state index in [1.54, 1.807) is 11.8 Å². The third-order valence-corrected chi connectivity index (χ3v) is 5.26. The summed E-state index contributed by atoms with van der Waals surface area (Å²) in [6.07, 6.45) is 0.813. The maximum atomic E-state index is 12.7. The molecule has 6 nitrogen and oxygen atoms in total. The van der Waals surface area contributed by atoms with Crippen molar-refractivity contribution in [1.29, 1.82) is 0 Å². The van der Waals surface area contributed by atoms with Gasteiger partial charge in [0.2, 0.25) is 11.8 Å². The molecule has 142 valence electrons. The summed E-state index contributed by atoms with van der Waals surface area (Å²) in [5.41, 5.74) is 3.24. The van der Waals surface area contributed by atoms with Gasteiger partial charge in [0.15, 0.2) is 0 Å². The SMILES string of the molecule is CC(=O)N1CCC(C(=O)O)CC1(C)NC(=O)Cc1c(C)cc(C)cc1C. The zero-order valence-corrected chi connectivity index (χ0v) is 16.2. The molecule has 2 rings (SSSR count). The molecule has 1 aromatic rings. The maximum Gasteiger partial charge on any atom is 0.306 e. The minimum Gasteiger partial charge on any atom is -0.481 e. The largest absolute Gasteiger partial charge is 0.481 e. The molecule has 0 aliphatic carbocycles. The van der Waals surface area contributed by atoms with Gasteiger partial charge in [-0.1, -0.05) is 17.7 Å². The fraction of sp³-hybridized carbons (Fsp3) is 0.550. The Morgan fingerprint density at radius 2 is 1.81 bits per heavy atom. The summed E-state index contributed by atoms with van der Waals surface area (Å²) in [4.78, 5) is 37.7. The summed E-state index contributed by atoms with van der Waals surface area (Å²) in [6.45, 7) is 9.48. The first kappa shape index (κ1) is 19.9. The van der Waals surface area contributed by atoms with Gasteiger partial charge in [0.1, 0.15) is 5.66 Å². The summed E-state index contributed by atoms with van der Waals surface area (Å²) in [6, 6.07) is 4.08. The van der Waals surface area contributed by atoms with E-state index in [2.05, 4.69) is 5.32 Å². The minimum atomic E-state index is -0.989. The van der Waals surface area contributed by atoms with Crippen molar-refractivity contribution in [3.8, 4) is 0 Å². The number of carbonyl (C=O) groups is 3. The van der Waals surface area contributed by atoms with Crippen LogP contribution in [0.3, 0.4) is 0 Å². The second kappa shape index (κ2) is 7.48. The first-order chi connectivity index (χ1) is 12.0. The van der Waals surface area contributed by atoms with Gasteiger partial charge in [-0.05, 0) is 50.8 Å². The molecular weight excluding hydrogens is 332 g/mol. The zero-order valence-electron chi connectivity index (χ0n) is 16.2. The number of hydrogen-bond acceptors (Lipinski definition) is 3. The third-order valence-electron chi connectivity index (χ3n) is 5.26. The van der Waals surface area contributed by atoms with E-state index in [-0.39, 0.29) is 24.7 Å². The Labute approximate surface area is 154 Å². The van der Waals surface area contributed by atoms with Crippen molar-refractivity contribution in [3.05, 3.63) is 34.4 Å². The van der Waals surface area contributed by atoms with Crippen LogP contribution in [0, 0.1) is 26.7 Å². The molecule has 0 radical (unpaired) electrons. The standard InChI is InChI=1S/C20H28N2O4/c1-12-8-13(2)17(14(3)9-12)10-18(24)21-20(5)11-16(19(25)26)6-7-22(20)15(4)23/h8-9,16H,6-7,10-11H2,1-5H3,(H,21,24)(H,25,26). The lowest BCUT2D eigenvalue weighted by molar-refractivity contribution is -0.154. The lowest BCUT2D eigenvalue weighted by Gasteiger charge is -2.46. The Hall–Kier alpha value is -2.37. The van der Waals surface area contributed by atoms with Crippen LogP contribution >= 0.6 is 0 Å². The van der Waals surface area contributed by atoms with Crippen molar-refractivity contribution in [3.63, 3.8) is 0 Å². The number of hydrogen-bond donors (Lipinski definition) is 2. The van der Waals surface area contributed by atoms with E-state index in [0.29, 0.717) is 13.0 Å². The number of likely N-dealkylation sites (tertiary alicyclic amines) is 1. The molecule has 1 aromatic carbocycles. The van der Waals surface area contributed by atoms with Crippen LogP contribution in [-0.2, 0) is 20.8 Å². The van der Waals surface area contributed by atoms with Gasteiger partial charge in [-0.25, -0.2) is 0 Å². The Bertz CT molecular complexity index is 720. The highest BCUT2D eigenvalue weighted by atomic mass is 16.4. The van der Waals surface area contributed by atoms with E-state index in [0.717, 1.165) is 22.3 Å². The number of aryl methyl sites for hydroxylation is 3. The Balaban J connectivity index is 2.21. The van der Waals surface area contributed by atoms with Crippen LogP contribution in [0.25, 0.3) is 0 Å². The van der Waals surface area contributed by atoms with Gasteiger partial charge in [-0.3, -0.25) is 14.4 Å². The highest BCUT2D eigenvalue weighted by Gasteiger charge is 2.43. The van der Waals surface area contributed by atoms with Gasteiger partial charge < -0.3 is 15.3 Å². The first-order valence-electron chi connectivity index (χ1n) is 8.92. The molecule has 1 aliphatic heterocycles. The second-order valence-electron chi connectivity index (χ2n) is 7.57. The van der Waals surface area contributed by atoms with E-state index in [1.807, 2.05) is 32.9 Å². The Kier molecular flexibility index (Phi) is 5.74. The number of amides is 2. The third kappa shape index (κ3) is 4.23. The number of nitrogens with one attached hydrogen (secondary N) is 1. The molecule has 0 spiro atoms. The number of piperidine rings is 1. The average Bonchev–Trinajstić information content (AvgIpc) is 2.49. The van der Waals surface area contributed by atoms with Crippen LogP contribution in [0.2, 0.25) is 0 Å². The number of rotatable bonds is 4. The van der Waals surface area contributed by atoms with Crippen LogP contribution in [0.5, 0.6) is 0 Å². The fourth-order valence-electron chi connectivity index (χ4n) is 4.05. The van der Waals surface area contributed by atoms with Gasteiger partial charge in [-0.2, -0.15) is 0 Å². The van der Waals surface area contributed by atoms with Crippen LogP contribution in [-0.4, -0.2) is 40.0 Å². The Morgan fingerprint density at radius 3 is 2.31 bits per heavy atom. The highest BCUT2D eigenvalue weighted by Crippen LogP contribution is 2.30. The van der Waals surface area contributed by atoms with Gasteiger partial charge >= 0.3 is 5.97 Å². The monoisotopic (exact) mass is 360 g/mol. The molecule has 26 heavy (non-hydrogen) atoms. The summed E-state index contributed by atoms with van der Waals surface area (Å²) in [5.74, 6) is -1.84. The molecule has 1 aliphatic rings. The average molecular weight is 360 g/mol. The normalized spacial score (nSPS) is 22.8. The van der Waals surface area contributed by atoms with Crippen LogP contribution in [0.1, 0.15) is 48.9 Å². The van der Waals surface area contributed by atoms with Gasteiger partial charge in [0, 0.05) is 19.9 Å². The van der Waals surface area contributed by atoms with Crippen LogP contribution in [0.4, 0.5) is 0 Å². The van der Waals surface area contributed by atoms with Crippen LogP contribution in [0.15, 0.2) is 12.1 Å². The number of carbonyl (C=O) groups excluding carboxylic acids is 2. The molecule has 1 saturated heterocycles. The molecule has 2 amide bonds. The van der Waals surface area contributed by atoms with Crippen molar-refractivity contribution in [1.82, 2.24) is 10.2 Å². The van der Waals surface area contributed by atoms with Crippen molar-refractivity contribution >= 4 is 17.8 Å². The number of carboxylic acids is 1. The smallest absolute Gasteiger partial charge is 0.306 e. The van der Waals surface area contributed by atoms with Gasteiger partial charge in [0.05, 0.1) is 12.3 Å². The molecule has 2 unspecified atom stereocenters. The minimum absolute atomic E-state index is 0.167. The summed E-state index contributed by atoms with van der Waals surface area (Å²) in [5, 5.41) is 12.3. The molecule has 2 atom stereocenters. The van der Waals surface area contributed by atoms with E-state index in [9.17, 15) is 19.5 Å². The van der Waals surface area contributed by atoms with E-state index in [1.165, 1.54) is 6.92 Å². The molecule has 0 aromatic heterocycles. The van der Waals surface area contributed by atoms with E-state index in [4.69, 9.17) is 0 Å². The topological polar surface area (TPSA) is 86.7 Å². The number of carboxylic acid groups (broad SMARTS) is 1. The second-order valence-corrected chi connectivity index (χ2v) is 7.57. The highest BCUT2D eigenvalue weighted by molar-refractivity contribution is 5.82. The molecule has 2 N–H and O–H groups in total. The number of nitrogens with zero attached hydrogens (tertiary/aromatic N) is 1. The maximum absolute atomic E-state index is 12.7. The molecular formula is C20H28N2O4. The van der Waals surface area contributed by atoms with Gasteiger partial charge in [-0.15, -0.1) is 0 Å². The summed E-state index contributed by atoms with van der Waals surface area (Å²) in [7, 11) is 0.